The van der Waals surface area contributed by atoms with Gasteiger partial charge in [-0.05, 0) is 26.0 Å². The van der Waals surface area contributed by atoms with Crippen LogP contribution in [0.15, 0.2) is 33.9 Å². The fourth-order valence-electron chi connectivity index (χ4n) is 2.65. The van der Waals surface area contributed by atoms with Crippen LogP contribution >= 0.6 is 27.7 Å². The van der Waals surface area contributed by atoms with Crippen LogP contribution in [0, 0.1) is 0 Å². The molecular weight excluding hydrogens is 392 g/mol. The van der Waals surface area contributed by atoms with Crippen molar-refractivity contribution < 1.29 is 9.53 Å². The summed E-state index contributed by atoms with van der Waals surface area (Å²) in [5.74, 6) is 1.12. The highest BCUT2D eigenvalue weighted by atomic mass is 79.9. The van der Waals surface area contributed by atoms with Crippen molar-refractivity contribution in [3.8, 4) is 11.4 Å². The van der Waals surface area contributed by atoms with Gasteiger partial charge in [0, 0.05) is 23.1 Å². The lowest BCUT2D eigenvalue weighted by Gasteiger charge is -2.35. The van der Waals surface area contributed by atoms with Crippen molar-refractivity contribution >= 4 is 33.6 Å². The summed E-state index contributed by atoms with van der Waals surface area (Å²) in [5, 5.41) is 7.68. The number of morpholine rings is 1. The number of hydrogen-bond donors (Lipinski definition) is 1. The molecule has 0 bridgehead atoms. The molecule has 1 aromatic carbocycles. The SMILES string of the molecule is CC1CN(C(=O)CSc2n[nH]c(-c3ccc(Br)cc3)n2)CC(C)O1. The molecule has 2 atom stereocenters. The molecule has 2 unspecified atom stereocenters. The van der Waals surface area contributed by atoms with E-state index in [9.17, 15) is 4.79 Å². The number of benzene rings is 1. The Kier molecular flexibility index (Phi) is 5.57. The Morgan fingerprint density at radius 1 is 1.33 bits per heavy atom. The first kappa shape index (κ1) is 17.4. The third kappa shape index (κ3) is 4.37. The summed E-state index contributed by atoms with van der Waals surface area (Å²) in [6, 6.07) is 7.82. The number of nitrogens with zero attached hydrogens (tertiary/aromatic N) is 3. The molecule has 0 aliphatic carbocycles. The number of aromatic amines is 1. The smallest absolute Gasteiger partial charge is 0.233 e. The Morgan fingerprint density at radius 3 is 2.67 bits per heavy atom. The van der Waals surface area contributed by atoms with E-state index < -0.39 is 0 Å². The van der Waals surface area contributed by atoms with E-state index in [0.717, 1.165) is 10.0 Å². The second-order valence-electron chi connectivity index (χ2n) is 5.82. The number of thioether (sulfide) groups is 1. The van der Waals surface area contributed by atoms with E-state index >= 15 is 0 Å². The lowest BCUT2D eigenvalue weighted by atomic mass is 10.2. The maximum atomic E-state index is 12.4. The fourth-order valence-corrected chi connectivity index (χ4v) is 3.61. The number of carbonyl (C=O) groups excluding carboxylic acids is 1. The van der Waals surface area contributed by atoms with E-state index in [2.05, 4.69) is 31.1 Å². The van der Waals surface area contributed by atoms with Gasteiger partial charge < -0.3 is 9.64 Å². The maximum absolute atomic E-state index is 12.4. The van der Waals surface area contributed by atoms with Crippen molar-refractivity contribution in [3.05, 3.63) is 28.7 Å². The number of amides is 1. The Hall–Kier alpha value is -1.38. The Bertz CT molecular complexity index is 696. The first-order valence-corrected chi connectivity index (χ1v) is 9.53. The monoisotopic (exact) mass is 410 g/mol. The third-order valence-corrected chi connectivity index (χ3v) is 5.04. The number of ether oxygens (including phenoxy) is 1. The van der Waals surface area contributed by atoms with Crippen LogP contribution in [-0.4, -0.2) is 57.0 Å². The number of rotatable bonds is 4. The second kappa shape index (κ2) is 7.67. The average Bonchev–Trinajstić information content (AvgIpc) is 3.01. The van der Waals surface area contributed by atoms with Gasteiger partial charge in [-0.2, -0.15) is 0 Å². The van der Waals surface area contributed by atoms with E-state index in [4.69, 9.17) is 4.74 Å². The topological polar surface area (TPSA) is 71.1 Å². The molecule has 1 saturated heterocycles. The van der Waals surface area contributed by atoms with Gasteiger partial charge in [-0.3, -0.25) is 9.89 Å². The Labute approximate surface area is 153 Å². The minimum Gasteiger partial charge on any atom is -0.372 e. The molecule has 0 spiro atoms. The lowest BCUT2D eigenvalue weighted by Crippen LogP contribution is -2.48. The molecule has 6 nitrogen and oxygen atoms in total. The molecule has 1 N–H and O–H groups in total. The van der Waals surface area contributed by atoms with Crippen molar-refractivity contribution in [2.24, 2.45) is 0 Å². The van der Waals surface area contributed by atoms with Crippen LogP contribution < -0.4 is 0 Å². The minimum absolute atomic E-state index is 0.0789. The highest BCUT2D eigenvalue weighted by molar-refractivity contribution is 9.10. The van der Waals surface area contributed by atoms with Crippen molar-refractivity contribution in [3.63, 3.8) is 0 Å². The molecule has 0 saturated carbocycles. The van der Waals surface area contributed by atoms with Crippen LogP contribution in [0.4, 0.5) is 0 Å². The Balaban J connectivity index is 1.57. The number of aromatic nitrogens is 3. The van der Waals surface area contributed by atoms with Crippen LogP contribution in [0.2, 0.25) is 0 Å². The molecule has 1 fully saturated rings. The van der Waals surface area contributed by atoms with Gasteiger partial charge in [0.15, 0.2) is 5.82 Å². The lowest BCUT2D eigenvalue weighted by molar-refractivity contribution is -0.140. The summed E-state index contributed by atoms with van der Waals surface area (Å²) in [7, 11) is 0. The van der Waals surface area contributed by atoms with Gasteiger partial charge in [0.2, 0.25) is 11.1 Å². The summed E-state index contributed by atoms with van der Waals surface area (Å²) in [4.78, 5) is 18.7. The van der Waals surface area contributed by atoms with Crippen LogP contribution in [0.25, 0.3) is 11.4 Å². The van der Waals surface area contributed by atoms with Crippen LogP contribution in [0.5, 0.6) is 0 Å². The number of H-pyrrole nitrogens is 1. The number of halogens is 1. The molecule has 24 heavy (non-hydrogen) atoms. The summed E-state index contributed by atoms with van der Waals surface area (Å²) >= 11 is 4.76. The number of hydrogen-bond acceptors (Lipinski definition) is 5. The predicted molar refractivity (Wildman–Crippen MR) is 96.8 cm³/mol. The molecular formula is C16H19BrN4O2S. The van der Waals surface area contributed by atoms with Crippen molar-refractivity contribution in [1.29, 1.82) is 0 Å². The maximum Gasteiger partial charge on any atom is 0.233 e. The van der Waals surface area contributed by atoms with E-state index in [1.54, 1.807) is 0 Å². The average molecular weight is 411 g/mol. The largest absolute Gasteiger partial charge is 0.372 e. The molecule has 8 heteroatoms. The van der Waals surface area contributed by atoms with E-state index in [1.807, 2.05) is 43.0 Å². The molecule has 128 valence electrons. The van der Waals surface area contributed by atoms with E-state index in [-0.39, 0.29) is 18.1 Å². The highest BCUT2D eigenvalue weighted by Crippen LogP contribution is 2.22. The molecule has 3 rings (SSSR count). The van der Waals surface area contributed by atoms with Gasteiger partial charge in [0.25, 0.3) is 0 Å². The van der Waals surface area contributed by atoms with Gasteiger partial charge in [-0.25, -0.2) is 4.98 Å². The summed E-state index contributed by atoms with van der Waals surface area (Å²) in [5.41, 5.74) is 0.958. The van der Waals surface area contributed by atoms with Crippen LogP contribution in [0.1, 0.15) is 13.8 Å². The van der Waals surface area contributed by atoms with E-state index in [0.29, 0.717) is 29.8 Å². The van der Waals surface area contributed by atoms with E-state index in [1.165, 1.54) is 11.8 Å². The molecule has 0 radical (unpaired) electrons. The normalized spacial score (nSPS) is 21.0. The molecule has 2 heterocycles. The predicted octanol–water partition coefficient (Wildman–Crippen LogP) is 2.96. The standard InChI is InChI=1S/C16H19BrN4O2S/c1-10-7-21(8-11(2)23-10)14(22)9-24-16-18-15(19-20-16)12-3-5-13(17)6-4-12/h3-6,10-11H,7-9H2,1-2H3,(H,18,19,20). The van der Waals surface area contributed by atoms with Gasteiger partial charge in [0.1, 0.15) is 0 Å². The molecule has 1 aromatic heterocycles. The number of carbonyl (C=O) groups is 1. The quantitative estimate of drug-likeness (QED) is 0.784. The van der Waals surface area contributed by atoms with Crippen molar-refractivity contribution in [2.75, 3.05) is 18.8 Å². The zero-order valence-corrected chi connectivity index (χ0v) is 15.9. The van der Waals surface area contributed by atoms with Gasteiger partial charge in [-0.1, -0.05) is 39.8 Å². The molecule has 1 amide bonds. The van der Waals surface area contributed by atoms with Gasteiger partial charge in [0.05, 0.1) is 18.0 Å². The second-order valence-corrected chi connectivity index (χ2v) is 7.68. The highest BCUT2D eigenvalue weighted by Gasteiger charge is 2.25. The fraction of sp³-hybridized carbons (Fsp3) is 0.438. The Morgan fingerprint density at radius 2 is 2.00 bits per heavy atom. The zero-order valence-electron chi connectivity index (χ0n) is 13.5. The molecule has 1 aliphatic rings. The minimum atomic E-state index is 0.0789. The number of nitrogens with one attached hydrogen (secondary N) is 1. The van der Waals surface area contributed by atoms with Crippen LogP contribution in [-0.2, 0) is 9.53 Å². The van der Waals surface area contributed by atoms with Crippen LogP contribution in [0.3, 0.4) is 0 Å². The van der Waals surface area contributed by atoms with Crippen molar-refractivity contribution in [2.45, 2.75) is 31.2 Å². The van der Waals surface area contributed by atoms with Crippen molar-refractivity contribution in [1.82, 2.24) is 20.1 Å². The molecule has 2 aromatic rings. The van der Waals surface area contributed by atoms with Gasteiger partial charge >= 0.3 is 0 Å². The molecule has 1 aliphatic heterocycles. The zero-order chi connectivity index (χ0) is 17.1. The van der Waals surface area contributed by atoms with Gasteiger partial charge in [-0.15, -0.1) is 5.10 Å². The third-order valence-electron chi connectivity index (χ3n) is 3.68. The first-order chi connectivity index (χ1) is 11.5. The summed E-state index contributed by atoms with van der Waals surface area (Å²) in [6.07, 6.45) is 0.158. The summed E-state index contributed by atoms with van der Waals surface area (Å²) < 4.78 is 6.67. The first-order valence-electron chi connectivity index (χ1n) is 7.75. The summed E-state index contributed by atoms with van der Waals surface area (Å²) in [6.45, 7) is 5.26.